The van der Waals surface area contributed by atoms with E-state index >= 15 is 0 Å². The molecule has 1 aliphatic carbocycles. The van der Waals surface area contributed by atoms with E-state index in [1.165, 1.54) is 0 Å². The molecule has 1 heterocycles. The predicted octanol–water partition coefficient (Wildman–Crippen LogP) is 0.520. The van der Waals surface area contributed by atoms with Crippen LogP contribution in [0.25, 0.3) is 0 Å². The summed E-state index contributed by atoms with van der Waals surface area (Å²) in [4.78, 5) is 25.9. The number of carbonyl (C=O) groups excluding carboxylic acids is 2. The maximum atomic E-state index is 12.0. The lowest BCUT2D eigenvalue weighted by Gasteiger charge is -2.32. The van der Waals surface area contributed by atoms with Gasteiger partial charge >= 0.3 is 0 Å². The molecule has 19 heavy (non-hydrogen) atoms. The maximum Gasteiger partial charge on any atom is 0.225 e. The SMILES string of the molecule is C[C@@H](CN)NC(=O)C1CCCN(C(=O)C2CC2)C1.Cl. The van der Waals surface area contributed by atoms with E-state index in [1.807, 2.05) is 11.8 Å². The summed E-state index contributed by atoms with van der Waals surface area (Å²) in [5.74, 6) is 0.478. The lowest BCUT2D eigenvalue weighted by molar-refractivity contribution is -0.136. The van der Waals surface area contributed by atoms with E-state index in [9.17, 15) is 9.59 Å². The summed E-state index contributed by atoms with van der Waals surface area (Å²) in [6.07, 6.45) is 3.85. The molecule has 1 saturated carbocycles. The molecule has 0 aromatic heterocycles. The number of rotatable bonds is 4. The number of amides is 2. The quantitative estimate of drug-likeness (QED) is 0.792. The predicted molar refractivity (Wildman–Crippen MR) is 75.9 cm³/mol. The second-order valence-corrected chi connectivity index (χ2v) is 5.54. The Balaban J connectivity index is 0.00000180. The van der Waals surface area contributed by atoms with Crippen LogP contribution in [0.2, 0.25) is 0 Å². The van der Waals surface area contributed by atoms with Crippen molar-refractivity contribution < 1.29 is 9.59 Å². The zero-order valence-electron chi connectivity index (χ0n) is 11.4. The van der Waals surface area contributed by atoms with Gasteiger partial charge in [-0.3, -0.25) is 9.59 Å². The third-order valence-electron chi connectivity index (χ3n) is 3.77. The van der Waals surface area contributed by atoms with Crippen LogP contribution in [0.5, 0.6) is 0 Å². The van der Waals surface area contributed by atoms with Gasteiger partial charge in [0.05, 0.1) is 5.92 Å². The Morgan fingerprint density at radius 2 is 2.00 bits per heavy atom. The molecule has 1 saturated heterocycles. The monoisotopic (exact) mass is 289 g/mol. The van der Waals surface area contributed by atoms with E-state index in [0.717, 1.165) is 32.2 Å². The van der Waals surface area contributed by atoms with E-state index in [1.54, 1.807) is 0 Å². The number of nitrogens with two attached hydrogens (primary N) is 1. The minimum Gasteiger partial charge on any atom is -0.352 e. The number of likely N-dealkylation sites (tertiary alicyclic amines) is 1. The molecule has 0 radical (unpaired) electrons. The zero-order valence-corrected chi connectivity index (χ0v) is 12.2. The highest BCUT2D eigenvalue weighted by atomic mass is 35.5. The van der Waals surface area contributed by atoms with E-state index in [4.69, 9.17) is 5.73 Å². The van der Waals surface area contributed by atoms with Crippen molar-refractivity contribution in [1.29, 1.82) is 0 Å². The van der Waals surface area contributed by atoms with Crippen molar-refractivity contribution >= 4 is 24.2 Å². The van der Waals surface area contributed by atoms with E-state index in [2.05, 4.69) is 5.32 Å². The summed E-state index contributed by atoms with van der Waals surface area (Å²) in [5, 5.41) is 2.90. The zero-order chi connectivity index (χ0) is 13.1. The third-order valence-corrected chi connectivity index (χ3v) is 3.77. The van der Waals surface area contributed by atoms with Crippen molar-refractivity contribution in [3.8, 4) is 0 Å². The minimum absolute atomic E-state index is 0. The van der Waals surface area contributed by atoms with E-state index < -0.39 is 0 Å². The average Bonchev–Trinajstić information content (AvgIpc) is 3.22. The molecular formula is C13H24ClN3O2. The molecule has 0 spiro atoms. The van der Waals surface area contributed by atoms with Crippen LogP contribution in [0.3, 0.4) is 0 Å². The number of nitrogens with one attached hydrogen (secondary N) is 1. The highest BCUT2D eigenvalue weighted by molar-refractivity contribution is 5.85. The smallest absolute Gasteiger partial charge is 0.225 e. The van der Waals surface area contributed by atoms with Crippen LogP contribution in [-0.4, -0.2) is 42.4 Å². The topological polar surface area (TPSA) is 75.4 Å². The highest BCUT2D eigenvalue weighted by Crippen LogP contribution is 2.32. The number of halogens is 1. The number of nitrogens with zero attached hydrogens (tertiary/aromatic N) is 1. The molecule has 0 aromatic carbocycles. The van der Waals surface area contributed by atoms with Crippen LogP contribution < -0.4 is 11.1 Å². The third kappa shape index (κ3) is 4.35. The Kier molecular flexibility index (Phi) is 6.07. The molecule has 2 fully saturated rings. The van der Waals surface area contributed by atoms with Crippen molar-refractivity contribution in [1.82, 2.24) is 10.2 Å². The van der Waals surface area contributed by atoms with Crippen molar-refractivity contribution in [3.05, 3.63) is 0 Å². The van der Waals surface area contributed by atoms with Gasteiger partial charge in [-0.15, -0.1) is 12.4 Å². The molecule has 5 nitrogen and oxygen atoms in total. The molecular weight excluding hydrogens is 266 g/mol. The molecule has 6 heteroatoms. The van der Waals surface area contributed by atoms with Gasteiger partial charge in [-0.05, 0) is 32.6 Å². The number of piperidine rings is 1. The lowest BCUT2D eigenvalue weighted by atomic mass is 9.96. The van der Waals surface area contributed by atoms with E-state index in [-0.39, 0.29) is 42.1 Å². The molecule has 2 amide bonds. The lowest BCUT2D eigenvalue weighted by Crippen LogP contribution is -2.48. The Morgan fingerprint density at radius 1 is 1.32 bits per heavy atom. The van der Waals surface area contributed by atoms with Gasteiger partial charge in [0.2, 0.25) is 11.8 Å². The fourth-order valence-electron chi connectivity index (χ4n) is 2.40. The Labute approximate surface area is 120 Å². The summed E-state index contributed by atoms with van der Waals surface area (Å²) < 4.78 is 0. The minimum atomic E-state index is -0.0598. The van der Waals surface area contributed by atoms with Gasteiger partial charge in [0.25, 0.3) is 0 Å². The van der Waals surface area contributed by atoms with Gasteiger partial charge in [0.1, 0.15) is 0 Å². The fourth-order valence-corrected chi connectivity index (χ4v) is 2.40. The first kappa shape index (κ1) is 16.2. The summed E-state index contributed by atoms with van der Waals surface area (Å²) >= 11 is 0. The molecule has 1 aliphatic heterocycles. The summed E-state index contributed by atoms with van der Waals surface area (Å²) in [7, 11) is 0. The Morgan fingerprint density at radius 3 is 2.58 bits per heavy atom. The standard InChI is InChI=1S/C13H23N3O2.ClH/c1-9(7-14)15-12(17)11-3-2-6-16(8-11)13(18)10-4-5-10;/h9-11H,2-8,14H2,1H3,(H,15,17);1H/t9-,11?;/m0./s1. The molecule has 0 bridgehead atoms. The average molecular weight is 290 g/mol. The molecule has 3 N–H and O–H groups in total. The van der Waals surface area contributed by atoms with Crippen LogP contribution in [0.15, 0.2) is 0 Å². The Bertz CT molecular complexity index is 334. The van der Waals surface area contributed by atoms with Gasteiger partial charge in [-0.2, -0.15) is 0 Å². The van der Waals surface area contributed by atoms with Gasteiger partial charge in [-0.25, -0.2) is 0 Å². The van der Waals surface area contributed by atoms with Crippen LogP contribution >= 0.6 is 12.4 Å². The van der Waals surface area contributed by atoms with Crippen LogP contribution in [0, 0.1) is 11.8 Å². The normalized spacial score (nSPS) is 24.3. The summed E-state index contributed by atoms with van der Waals surface area (Å²) in [6.45, 7) is 3.74. The number of carbonyl (C=O) groups is 2. The second kappa shape index (κ2) is 7.10. The van der Waals surface area contributed by atoms with Crippen molar-refractivity contribution in [3.63, 3.8) is 0 Å². The van der Waals surface area contributed by atoms with Gasteiger partial charge < -0.3 is 16.0 Å². The van der Waals surface area contributed by atoms with Crippen LogP contribution in [0.4, 0.5) is 0 Å². The van der Waals surface area contributed by atoms with Gasteiger partial charge in [0, 0.05) is 31.6 Å². The first-order valence-corrected chi connectivity index (χ1v) is 6.91. The van der Waals surface area contributed by atoms with Crippen molar-refractivity contribution in [2.45, 2.75) is 38.6 Å². The van der Waals surface area contributed by atoms with Crippen LogP contribution in [-0.2, 0) is 9.59 Å². The molecule has 110 valence electrons. The molecule has 0 aromatic rings. The van der Waals surface area contributed by atoms with Gasteiger partial charge in [-0.1, -0.05) is 0 Å². The first-order valence-electron chi connectivity index (χ1n) is 6.91. The largest absolute Gasteiger partial charge is 0.352 e. The second-order valence-electron chi connectivity index (χ2n) is 5.54. The number of hydrogen-bond donors (Lipinski definition) is 2. The molecule has 2 atom stereocenters. The summed E-state index contributed by atoms with van der Waals surface area (Å²) in [6, 6.07) is 0.00649. The molecule has 1 unspecified atom stereocenters. The number of hydrogen-bond acceptors (Lipinski definition) is 3. The Hall–Kier alpha value is -0.810. The fraction of sp³-hybridized carbons (Fsp3) is 0.846. The first-order chi connectivity index (χ1) is 8.61. The van der Waals surface area contributed by atoms with Crippen molar-refractivity contribution in [2.24, 2.45) is 17.6 Å². The molecule has 2 rings (SSSR count). The maximum absolute atomic E-state index is 12.0. The van der Waals surface area contributed by atoms with Gasteiger partial charge in [0.15, 0.2) is 0 Å². The summed E-state index contributed by atoms with van der Waals surface area (Å²) in [5.41, 5.74) is 5.49. The molecule has 2 aliphatic rings. The van der Waals surface area contributed by atoms with Crippen LogP contribution in [0.1, 0.15) is 32.6 Å². The highest BCUT2D eigenvalue weighted by Gasteiger charge is 2.36. The van der Waals surface area contributed by atoms with E-state index in [0.29, 0.717) is 13.1 Å². The van der Waals surface area contributed by atoms with Crippen molar-refractivity contribution in [2.75, 3.05) is 19.6 Å².